The molecule has 0 aliphatic heterocycles. The summed E-state index contributed by atoms with van der Waals surface area (Å²) in [6, 6.07) is -0.370. The minimum Gasteiger partial charge on any atom is -0.391 e. The lowest BCUT2D eigenvalue weighted by Crippen LogP contribution is -2.46. The lowest BCUT2D eigenvalue weighted by atomic mass is 9.92. The molecule has 0 unspecified atom stereocenters. The molecule has 0 bridgehead atoms. The zero-order chi connectivity index (χ0) is 12.9. The average molecular weight is 255 g/mol. The van der Waals surface area contributed by atoms with E-state index in [1.807, 2.05) is 0 Å². The van der Waals surface area contributed by atoms with Gasteiger partial charge in [0.25, 0.3) is 0 Å². The number of ether oxygens (including phenoxy) is 1. The molecule has 4 nitrogen and oxygen atoms in total. The molecule has 2 atom stereocenters. The van der Waals surface area contributed by atoms with E-state index in [0.29, 0.717) is 12.8 Å². The van der Waals surface area contributed by atoms with Crippen LogP contribution >= 0.6 is 0 Å². The number of carbonyl (C=O) groups is 1. The van der Waals surface area contributed by atoms with Crippen LogP contribution in [0.5, 0.6) is 0 Å². The Morgan fingerprint density at radius 2 is 2.00 bits per heavy atom. The standard InChI is InChI=1S/C10H16F3NO3/c11-10(12,13)6-17-5-9(16)14-7-3-1-2-4-8(7)15/h7-8,15H,1-6H2,(H,14,16)/t7-,8-/m0/s1. The highest BCUT2D eigenvalue weighted by Gasteiger charge is 2.28. The minimum atomic E-state index is -4.43. The Labute approximate surface area is 97.1 Å². The van der Waals surface area contributed by atoms with E-state index in [1.54, 1.807) is 0 Å². The lowest BCUT2D eigenvalue weighted by Gasteiger charge is -2.28. The third-order valence-corrected chi connectivity index (χ3v) is 2.57. The van der Waals surface area contributed by atoms with Crippen LogP contribution in [-0.4, -0.2) is 42.5 Å². The number of hydrogen-bond donors (Lipinski definition) is 2. The molecule has 1 saturated carbocycles. The summed E-state index contributed by atoms with van der Waals surface area (Å²) in [5, 5.41) is 12.0. The van der Waals surface area contributed by atoms with Gasteiger partial charge in [0.1, 0.15) is 13.2 Å². The molecule has 2 N–H and O–H groups in total. The molecular weight excluding hydrogens is 239 g/mol. The maximum absolute atomic E-state index is 11.7. The Bertz CT molecular complexity index is 258. The molecule has 0 spiro atoms. The van der Waals surface area contributed by atoms with Crippen LogP contribution in [0.2, 0.25) is 0 Å². The quantitative estimate of drug-likeness (QED) is 0.787. The molecule has 17 heavy (non-hydrogen) atoms. The van der Waals surface area contributed by atoms with Crippen LogP contribution in [0.3, 0.4) is 0 Å². The number of aliphatic hydroxyl groups excluding tert-OH is 1. The normalized spacial score (nSPS) is 25.6. The number of aliphatic hydroxyl groups is 1. The molecule has 1 aliphatic rings. The SMILES string of the molecule is O=C(COCC(F)(F)F)N[C@H]1CCCC[C@@H]1O. The van der Waals surface area contributed by atoms with E-state index in [9.17, 15) is 23.1 Å². The molecule has 0 saturated heterocycles. The number of hydrogen-bond acceptors (Lipinski definition) is 3. The second kappa shape index (κ2) is 6.20. The van der Waals surface area contributed by atoms with E-state index in [2.05, 4.69) is 10.1 Å². The number of halogens is 3. The molecular formula is C10H16F3NO3. The third-order valence-electron chi connectivity index (χ3n) is 2.57. The molecule has 1 rings (SSSR count). The summed E-state index contributed by atoms with van der Waals surface area (Å²) in [7, 11) is 0. The van der Waals surface area contributed by atoms with E-state index in [-0.39, 0.29) is 6.04 Å². The van der Waals surface area contributed by atoms with Crippen molar-refractivity contribution in [1.82, 2.24) is 5.32 Å². The van der Waals surface area contributed by atoms with Gasteiger partial charge in [0.15, 0.2) is 0 Å². The zero-order valence-electron chi connectivity index (χ0n) is 9.29. The Morgan fingerprint density at radius 3 is 2.59 bits per heavy atom. The van der Waals surface area contributed by atoms with Gasteiger partial charge < -0.3 is 15.2 Å². The van der Waals surface area contributed by atoms with E-state index < -0.39 is 31.4 Å². The lowest BCUT2D eigenvalue weighted by molar-refractivity contribution is -0.176. The largest absolute Gasteiger partial charge is 0.411 e. The number of carbonyl (C=O) groups excluding carboxylic acids is 1. The Morgan fingerprint density at radius 1 is 1.35 bits per heavy atom. The first-order valence-corrected chi connectivity index (χ1v) is 5.50. The molecule has 7 heteroatoms. The fourth-order valence-electron chi connectivity index (χ4n) is 1.79. The fourth-order valence-corrected chi connectivity index (χ4v) is 1.79. The summed E-state index contributed by atoms with van der Waals surface area (Å²) >= 11 is 0. The topological polar surface area (TPSA) is 58.6 Å². The highest BCUT2D eigenvalue weighted by Crippen LogP contribution is 2.18. The van der Waals surface area contributed by atoms with Crippen LogP contribution < -0.4 is 5.32 Å². The van der Waals surface area contributed by atoms with Gasteiger partial charge in [-0.05, 0) is 12.8 Å². The van der Waals surface area contributed by atoms with Crippen molar-refractivity contribution in [1.29, 1.82) is 0 Å². The molecule has 0 radical (unpaired) electrons. The van der Waals surface area contributed by atoms with Crippen LogP contribution in [0.15, 0.2) is 0 Å². The molecule has 1 aliphatic carbocycles. The molecule has 1 amide bonds. The van der Waals surface area contributed by atoms with Crippen LogP contribution in [0, 0.1) is 0 Å². The van der Waals surface area contributed by atoms with Crippen LogP contribution in [0.4, 0.5) is 13.2 Å². The monoisotopic (exact) mass is 255 g/mol. The van der Waals surface area contributed by atoms with Gasteiger partial charge in [-0.1, -0.05) is 12.8 Å². The van der Waals surface area contributed by atoms with Crippen molar-refractivity contribution in [3.05, 3.63) is 0 Å². The van der Waals surface area contributed by atoms with Crippen LogP contribution in [0.1, 0.15) is 25.7 Å². The maximum atomic E-state index is 11.7. The van der Waals surface area contributed by atoms with Crippen LogP contribution in [-0.2, 0) is 9.53 Å². The van der Waals surface area contributed by atoms with Crippen molar-refractivity contribution in [2.45, 2.75) is 44.0 Å². The van der Waals surface area contributed by atoms with Gasteiger partial charge in [0.2, 0.25) is 5.91 Å². The first-order valence-electron chi connectivity index (χ1n) is 5.50. The molecule has 0 aromatic heterocycles. The second-order valence-electron chi connectivity index (χ2n) is 4.13. The summed E-state index contributed by atoms with van der Waals surface area (Å²) in [5.41, 5.74) is 0. The van der Waals surface area contributed by atoms with Crippen molar-refractivity contribution in [3.8, 4) is 0 Å². The van der Waals surface area contributed by atoms with Gasteiger partial charge in [0, 0.05) is 0 Å². The van der Waals surface area contributed by atoms with Crippen LogP contribution in [0.25, 0.3) is 0 Å². The van der Waals surface area contributed by atoms with Crippen molar-refractivity contribution in [2.75, 3.05) is 13.2 Å². The molecule has 0 aromatic rings. The van der Waals surface area contributed by atoms with Crippen molar-refractivity contribution in [2.24, 2.45) is 0 Å². The number of nitrogens with one attached hydrogen (secondary N) is 1. The highest BCUT2D eigenvalue weighted by atomic mass is 19.4. The first-order chi connectivity index (χ1) is 7.88. The van der Waals surface area contributed by atoms with Gasteiger partial charge in [-0.15, -0.1) is 0 Å². The smallest absolute Gasteiger partial charge is 0.391 e. The second-order valence-corrected chi connectivity index (χ2v) is 4.13. The van der Waals surface area contributed by atoms with E-state index in [0.717, 1.165) is 12.8 Å². The van der Waals surface area contributed by atoms with Gasteiger partial charge >= 0.3 is 6.18 Å². The molecule has 1 fully saturated rings. The predicted octanol–water partition coefficient (Wildman–Crippen LogP) is 0.985. The third kappa shape index (κ3) is 5.88. The van der Waals surface area contributed by atoms with Gasteiger partial charge in [-0.2, -0.15) is 13.2 Å². The Balaban J connectivity index is 2.20. The molecule has 0 heterocycles. The van der Waals surface area contributed by atoms with Crippen molar-refractivity contribution in [3.63, 3.8) is 0 Å². The Hall–Kier alpha value is -0.820. The average Bonchev–Trinajstić information content (AvgIpc) is 2.19. The Kier molecular flexibility index (Phi) is 5.20. The van der Waals surface area contributed by atoms with Gasteiger partial charge in [-0.3, -0.25) is 4.79 Å². The molecule has 0 aromatic carbocycles. The maximum Gasteiger partial charge on any atom is 0.411 e. The number of amides is 1. The minimum absolute atomic E-state index is 0.370. The summed E-state index contributed by atoms with van der Waals surface area (Å²) in [6.45, 7) is -2.07. The van der Waals surface area contributed by atoms with Gasteiger partial charge in [0.05, 0.1) is 12.1 Å². The summed E-state index contributed by atoms with van der Waals surface area (Å²) < 4.78 is 39.4. The fraction of sp³-hybridized carbons (Fsp3) is 0.900. The summed E-state index contributed by atoms with van der Waals surface area (Å²) in [6.07, 6.45) is -2.00. The number of rotatable bonds is 4. The number of alkyl halides is 3. The predicted molar refractivity (Wildman–Crippen MR) is 53.3 cm³/mol. The highest BCUT2D eigenvalue weighted by molar-refractivity contribution is 5.77. The van der Waals surface area contributed by atoms with Crippen molar-refractivity contribution < 1.29 is 27.8 Å². The first kappa shape index (κ1) is 14.2. The summed E-state index contributed by atoms with van der Waals surface area (Å²) in [4.78, 5) is 11.2. The molecule has 100 valence electrons. The van der Waals surface area contributed by atoms with Crippen molar-refractivity contribution >= 4 is 5.91 Å². The van der Waals surface area contributed by atoms with E-state index >= 15 is 0 Å². The van der Waals surface area contributed by atoms with E-state index in [4.69, 9.17) is 0 Å². The summed E-state index contributed by atoms with van der Waals surface area (Å²) in [5.74, 6) is -0.625. The van der Waals surface area contributed by atoms with E-state index in [1.165, 1.54) is 0 Å². The van der Waals surface area contributed by atoms with Gasteiger partial charge in [-0.25, -0.2) is 0 Å². The zero-order valence-corrected chi connectivity index (χ0v) is 9.29.